The molecule has 7 nitrogen and oxygen atoms in total. The molecule has 2 amide bonds. The van der Waals surface area contributed by atoms with E-state index >= 15 is 0 Å². The summed E-state index contributed by atoms with van der Waals surface area (Å²) in [6, 6.07) is 17.0. The van der Waals surface area contributed by atoms with Crippen LogP contribution in [0.4, 0.5) is 5.69 Å². The maximum atomic E-state index is 13.8. The second kappa shape index (κ2) is 12.4. The van der Waals surface area contributed by atoms with Crippen molar-refractivity contribution >= 4 is 27.5 Å². The lowest BCUT2D eigenvalue weighted by Gasteiger charge is -2.57. The van der Waals surface area contributed by atoms with Crippen LogP contribution in [0.15, 0.2) is 54.6 Å². The van der Waals surface area contributed by atoms with Gasteiger partial charge in [-0.25, -0.2) is 8.42 Å². The van der Waals surface area contributed by atoms with E-state index in [-0.39, 0.29) is 23.9 Å². The van der Waals surface area contributed by atoms with E-state index in [1.807, 2.05) is 56.3 Å². The molecule has 0 heterocycles. The van der Waals surface area contributed by atoms with Crippen molar-refractivity contribution in [3.8, 4) is 0 Å². The van der Waals surface area contributed by atoms with Crippen molar-refractivity contribution in [1.82, 2.24) is 10.2 Å². The van der Waals surface area contributed by atoms with E-state index in [9.17, 15) is 18.0 Å². The Bertz CT molecular complexity index is 1320. The summed E-state index contributed by atoms with van der Waals surface area (Å²) < 4.78 is 27.3. The molecule has 0 aliphatic heterocycles. The van der Waals surface area contributed by atoms with Gasteiger partial charge in [-0.05, 0) is 112 Å². The van der Waals surface area contributed by atoms with Crippen molar-refractivity contribution in [1.29, 1.82) is 0 Å². The highest BCUT2D eigenvalue weighted by atomic mass is 32.2. The largest absolute Gasteiger partial charge is 0.352 e. The molecule has 4 fully saturated rings. The zero-order chi connectivity index (χ0) is 30.1. The van der Waals surface area contributed by atoms with Crippen LogP contribution >= 0.6 is 0 Å². The van der Waals surface area contributed by atoms with Gasteiger partial charge in [0.05, 0.1) is 11.9 Å². The minimum Gasteiger partial charge on any atom is -0.352 e. The molecule has 6 rings (SSSR count). The molecule has 0 saturated heterocycles. The Kier molecular flexibility index (Phi) is 9.02. The first-order valence-corrected chi connectivity index (χ1v) is 17.5. The molecule has 4 aliphatic carbocycles. The predicted octanol–water partition coefficient (Wildman–Crippen LogP) is 5.29. The molecule has 42 heavy (non-hydrogen) atoms. The van der Waals surface area contributed by atoms with Crippen LogP contribution in [0.5, 0.6) is 0 Å². The Morgan fingerprint density at radius 2 is 1.50 bits per heavy atom. The van der Waals surface area contributed by atoms with E-state index in [2.05, 4.69) is 17.4 Å². The molecule has 4 saturated carbocycles. The number of amides is 2. The van der Waals surface area contributed by atoms with Crippen LogP contribution in [-0.4, -0.2) is 56.6 Å². The molecule has 2 aromatic rings. The van der Waals surface area contributed by atoms with Crippen LogP contribution in [0.2, 0.25) is 0 Å². The third-order valence-electron chi connectivity index (χ3n) is 10.1. The van der Waals surface area contributed by atoms with Crippen LogP contribution in [-0.2, 0) is 31.4 Å². The topological polar surface area (TPSA) is 86.8 Å². The maximum Gasteiger partial charge on any atom is 0.244 e. The Morgan fingerprint density at radius 1 is 0.929 bits per heavy atom. The number of nitrogens with zero attached hydrogens (tertiary/aromatic N) is 2. The number of sulfonamides is 1. The Hall–Kier alpha value is -2.87. The van der Waals surface area contributed by atoms with Gasteiger partial charge in [0.25, 0.3) is 0 Å². The minimum atomic E-state index is -3.76. The van der Waals surface area contributed by atoms with Crippen molar-refractivity contribution in [2.45, 2.75) is 89.6 Å². The van der Waals surface area contributed by atoms with Crippen molar-refractivity contribution in [2.24, 2.45) is 17.8 Å². The van der Waals surface area contributed by atoms with Crippen molar-refractivity contribution in [3.63, 3.8) is 0 Å². The molecule has 0 unspecified atom stereocenters. The highest BCUT2D eigenvalue weighted by Gasteiger charge is 2.51. The first-order valence-electron chi connectivity index (χ1n) is 15.7. The van der Waals surface area contributed by atoms with Crippen molar-refractivity contribution in [2.75, 3.05) is 23.7 Å². The number of rotatable bonds is 12. The van der Waals surface area contributed by atoms with Crippen molar-refractivity contribution < 1.29 is 18.0 Å². The highest BCUT2D eigenvalue weighted by molar-refractivity contribution is 7.92. The van der Waals surface area contributed by atoms with Crippen LogP contribution in [0.1, 0.15) is 76.8 Å². The lowest BCUT2D eigenvalue weighted by Crippen LogP contribution is -2.53. The predicted molar refractivity (Wildman–Crippen MR) is 168 cm³/mol. The van der Waals surface area contributed by atoms with Gasteiger partial charge in [-0.15, -0.1) is 0 Å². The first kappa shape index (κ1) is 30.6. The number of carbonyl (C=O) groups excluding carboxylic acids is 2. The number of carbonyl (C=O) groups is 2. The molecular weight excluding hydrogens is 546 g/mol. The zero-order valence-electron chi connectivity index (χ0n) is 25.6. The van der Waals surface area contributed by atoms with Gasteiger partial charge >= 0.3 is 0 Å². The average molecular weight is 594 g/mol. The van der Waals surface area contributed by atoms with Gasteiger partial charge in [0, 0.05) is 12.6 Å². The summed E-state index contributed by atoms with van der Waals surface area (Å²) in [4.78, 5) is 28.4. The number of hydrogen-bond donors (Lipinski definition) is 1. The summed E-state index contributed by atoms with van der Waals surface area (Å²) in [5.74, 6) is 1.83. The summed E-state index contributed by atoms with van der Waals surface area (Å²) in [5.41, 5.74) is 3.06. The molecule has 0 spiro atoms. The van der Waals surface area contributed by atoms with Crippen LogP contribution in [0.3, 0.4) is 0 Å². The van der Waals surface area contributed by atoms with E-state index in [0.717, 1.165) is 36.0 Å². The Morgan fingerprint density at radius 3 is 2.02 bits per heavy atom. The maximum absolute atomic E-state index is 13.8. The molecule has 4 bridgehead atoms. The van der Waals surface area contributed by atoms with Gasteiger partial charge in [-0.2, -0.15) is 0 Å². The lowest BCUT2D eigenvalue weighted by atomic mass is 9.48. The molecule has 228 valence electrons. The number of anilines is 1. The Labute approximate surface area is 252 Å². The summed E-state index contributed by atoms with van der Waals surface area (Å²) in [6.07, 6.45) is 10.3. The third-order valence-corrected chi connectivity index (χ3v) is 11.3. The molecule has 2 aromatic carbocycles. The standard InChI is InChI=1S/C34H47N3O4S/c1-5-24(2)35-33(39)25(3)36(16-15-26-9-7-6-8-10-26)32(38)23-37(42(4,40)41)31-13-11-30(12-14-31)34-20-27-17-28(21-34)19-29(18-27)22-34/h6-14,24-25,27-29H,5,15-23H2,1-4H3,(H,35,39)/t24-,25-,27?,28?,29?,34?/m0/s1. The van der Waals surface area contributed by atoms with E-state index in [0.29, 0.717) is 18.7 Å². The van der Waals surface area contributed by atoms with Crippen LogP contribution in [0, 0.1) is 17.8 Å². The summed E-state index contributed by atoms with van der Waals surface area (Å²) in [5, 5.41) is 2.97. The van der Waals surface area contributed by atoms with Gasteiger partial charge in [0.1, 0.15) is 12.6 Å². The number of hydrogen-bond acceptors (Lipinski definition) is 4. The van der Waals surface area contributed by atoms with Gasteiger partial charge in [0.2, 0.25) is 21.8 Å². The highest BCUT2D eigenvalue weighted by Crippen LogP contribution is 2.60. The first-order chi connectivity index (χ1) is 20.0. The molecule has 8 heteroatoms. The smallest absolute Gasteiger partial charge is 0.244 e. The number of benzene rings is 2. The Balaban J connectivity index is 1.35. The van der Waals surface area contributed by atoms with Gasteiger partial charge in [0.15, 0.2) is 0 Å². The fourth-order valence-electron chi connectivity index (χ4n) is 8.09. The summed E-state index contributed by atoms with van der Waals surface area (Å²) in [6.45, 7) is 5.59. The average Bonchev–Trinajstić information content (AvgIpc) is 2.95. The van der Waals surface area contributed by atoms with Crippen LogP contribution in [0.25, 0.3) is 0 Å². The molecule has 0 radical (unpaired) electrons. The zero-order valence-corrected chi connectivity index (χ0v) is 26.4. The SMILES string of the molecule is CC[C@H](C)NC(=O)[C@H](C)N(CCc1ccccc1)C(=O)CN(c1ccc(C23CC4CC(CC(C4)C2)C3)cc1)S(C)(=O)=O. The van der Waals surface area contributed by atoms with Crippen molar-refractivity contribution in [3.05, 3.63) is 65.7 Å². The molecule has 1 N–H and O–H groups in total. The summed E-state index contributed by atoms with van der Waals surface area (Å²) >= 11 is 0. The van der Waals surface area contributed by atoms with Gasteiger partial charge in [-0.3, -0.25) is 13.9 Å². The summed E-state index contributed by atoms with van der Waals surface area (Å²) in [7, 11) is -3.76. The second-order valence-corrected chi connectivity index (χ2v) is 15.2. The van der Waals surface area contributed by atoms with Crippen LogP contribution < -0.4 is 9.62 Å². The normalized spacial score (nSPS) is 26.0. The van der Waals surface area contributed by atoms with E-state index < -0.39 is 22.0 Å². The molecule has 2 atom stereocenters. The second-order valence-electron chi connectivity index (χ2n) is 13.3. The molecular formula is C34H47N3O4S. The van der Waals surface area contributed by atoms with E-state index in [4.69, 9.17) is 0 Å². The quantitative estimate of drug-likeness (QED) is 0.362. The molecule has 4 aliphatic rings. The lowest BCUT2D eigenvalue weighted by molar-refractivity contribution is -0.139. The van der Waals surface area contributed by atoms with Gasteiger partial charge in [-0.1, -0.05) is 49.4 Å². The van der Waals surface area contributed by atoms with Gasteiger partial charge < -0.3 is 10.2 Å². The van der Waals surface area contributed by atoms with E-state index in [1.165, 1.54) is 53.3 Å². The third kappa shape index (κ3) is 6.69. The fraction of sp³-hybridized carbons (Fsp3) is 0.588. The molecule has 0 aromatic heterocycles. The number of nitrogens with one attached hydrogen (secondary N) is 1. The minimum absolute atomic E-state index is 0.0222. The fourth-order valence-corrected chi connectivity index (χ4v) is 8.94. The van der Waals surface area contributed by atoms with E-state index in [1.54, 1.807) is 6.92 Å². The monoisotopic (exact) mass is 593 g/mol.